The third-order valence-corrected chi connectivity index (χ3v) is 8.29. The zero-order valence-corrected chi connectivity index (χ0v) is 24.2. The SMILES string of the molecule is CC(C)(C)OC(N)=O.C[C@H]1CC2(CCN(c3ncc(Sc4ccnc(N)c4Cl)nc3S(C)=O)CC2)CO1. The average Bonchev–Trinajstić information content (AvgIpc) is 3.16. The Hall–Kier alpha value is -2.15. The molecule has 2 aliphatic rings. The summed E-state index contributed by atoms with van der Waals surface area (Å²) in [4.78, 5) is 26.2. The molecule has 2 aliphatic heterocycles. The minimum atomic E-state index is -1.26. The summed E-state index contributed by atoms with van der Waals surface area (Å²) in [5, 5.41) is 1.51. The van der Waals surface area contributed by atoms with Gasteiger partial charge in [-0.15, -0.1) is 0 Å². The smallest absolute Gasteiger partial charge is 0.405 e. The number of carbonyl (C=O) groups excluding carboxylic acids is 1. The predicted molar refractivity (Wildman–Crippen MR) is 146 cm³/mol. The van der Waals surface area contributed by atoms with Crippen LogP contribution in [-0.2, 0) is 20.3 Å². The Kier molecular flexibility index (Phi) is 9.65. The minimum Gasteiger partial charge on any atom is -0.444 e. The van der Waals surface area contributed by atoms with E-state index in [2.05, 4.69) is 31.5 Å². The van der Waals surface area contributed by atoms with Crippen LogP contribution in [0.15, 0.2) is 33.4 Å². The van der Waals surface area contributed by atoms with E-state index < -0.39 is 22.5 Å². The molecule has 0 saturated carbocycles. The third-order valence-electron chi connectivity index (χ3n) is 5.99. The normalized spacial score (nSPS) is 19.7. The number of anilines is 2. The fourth-order valence-electron chi connectivity index (χ4n) is 4.33. The Morgan fingerprint density at radius 2 is 2.00 bits per heavy atom. The van der Waals surface area contributed by atoms with Gasteiger partial charge in [0.25, 0.3) is 0 Å². The molecule has 2 fully saturated rings. The predicted octanol–water partition coefficient (Wildman–Crippen LogP) is 4.27. The molecule has 1 unspecified atom stereocenters. The number of hydrogen-bond donors (Lipinski definition) is 2. The van der Waals surface area contributed by atoms with E-state index in [1.165, 1.54) is 11.8 Å². The molecule has 2 aromatic rings. The van der Waals surface area contributed by atoms with Crippen molar-refractivity contribution >= 4 is 51.9 Å². The summed E-state index contributed by atoms with van der Waals surface area (Å²) in [5.41, 5.74) is 10.3. The van der Waals surface area contributed by atoms with Gasteiger partial charge >= 0.3 is 6.09 Å². The quantitative estimate of drug-likeness (QED) is 0.546. The van der Waals surface area contributed by atoms with Crippen LogP contribution < -0.4 is 16.4 Å². The summed E-state index contributed by atoms with van der Waals surface area (Å²) >= 11 is 7.57. The fraction of sp³-hybridized carbons (Fsp3) is 0.583. The van der Waals surface area contributed by atoms with Crippen LogP contribution in [0.2, 0.25) is 5.02 Å². The number of piperidine rings is 1. The van der Waals surface area contributed by atoms with E-state index in [-0.39, 0.29) is 11.2 Å². The first kappa shape index (κ1) is 29.4. The van der Waals surface area contributed by atoms with E-state index >= 15 is 0 Å². The number of ether oxygens (including phenoxy) is 2. The van der Waals surface area contributed by atoms with Gasteiger partial charge in [-0.1, -0.05) is 23.4 Å². The zero-order chi connectivity index (χ0) is 27.4. The van der Waals surface area contributed by atoms with Crippen LogP contribution >= 0.6 is 23.4 Å². The van der Waals surface area contributed by atoms with Gasteiger partial charge in [-0.05, 0) is 58.4 Å². The summed E-state index contributed by atoms with van der Waals surface area (Å²) in [5.74, 6) is 0.977. The Bertz CT molecular complexity index is 1140. The highest BCUT2D eigenvalue weighted by molar-refractivity contribution is 7.99. The van der Waals surface area contributed by atoms with Gasteiger partial charge in [0.15, 0.2) is 10.8 Å². The van der Waals surface area contributed by atoms with E-state index in [4.69, 9.17) is 27.8 Å². The van der Waals surface area contributed by atoms with E-state index in [0.717, 1.165) is 43.9 Å². The van der Waals surface area contributed by atoms with Crippen molar-refractivity contribution in [3.63, 3.8) is 0 Å². The Balaban J connectivity index is 0.000000414. The van der Waals surface area contributed by atoms with Crippen LogP contribution in [0.1, 0.15) is 47.0 Å². The molecule has 4 heterocycles. The van der Waals surface area contributed by atoms with E-state index in [1.54, 1.807) is 45.5 Å². The molecule has 204 valence electrons. The lowest BCUT2D eigenvalue weighted by Gasteiger charge is -2.39. The van der Waals surface area contributed by atoms with E-state index in [1.807, 2.05) is 0 Å². The second-order valence-electron chi connectivity index (χ2n) is 10.2. The second-order valence-corrected chi connectivity index (χ2v) is 13.0. The summed E-state index contributed by atoms with van der Waals surface area (Å²) in [6.45, 7) is 10.0. The molecule has 1 spiro atoms. The van der Waals surface area contributed by atoms with Gasteiger partial charge in [0, 0.05) is 30.4 Å². The molecule has 10 nitrogen and oxygen atoms in total. The number of carbonyl (C=O) groups is 1. The molecule has 0 radical (unpaired) electrons. The number of amides is 1. The minimum absolute atomic E-state index is 0.271. The van der Waals surface area contributed by atoms with Crippen LogP contribution in [-0.4, -0.2) is 62.9 Å². The second kappa shape index (κ2) is 12.1. The van der Waals surface area contributed by atoms with Gasteiger partial charge in [-0.3, -0.25) is 4.21 Å². The molecule has 2 aromatic heterocycles. The molecular formula is C24H35ClN6O4S2. The van der Waals surface area contributed by atoms with Gasteiger partial charge in [-0.2, -0.15) is 0 Å². The third kappa shape index (κ3) is 8.17. The highest BCUT2D eigenvalue weighted by Gasteiger charge is 2.41. The van der Waals surface area contributed by atoms with Gasteiger partial charge < -0.3 is 25.8 Å². The van der Waals surface area contributed by atoms with E-state index in [0.29, 0.717) is 27.0 Å². The number of aromatic nitrogens is 3. The Morgan fingerprint density at radius 3 is 2.51 bits per heavy atom. The van der Waals surface area contributed by atoms with Crippen molar-refractivity contribution in [3.05, 3.63) is 23.5 Å². The lowest BCUT2D eigenvalue weighted by Crippen LogP contribution is -2.41. The number of nitrogens with two attached hydrogens (primary N) is 2. The number of hydrogen-bond acceptors (Lipinski definition) is 10. The van der Waals surface area contributed by atoms with Gasteiger partial charge in [0.05, 0.1) is 34.7 Å². The standard InChI is InChI=1S/C19H24ClN5O2S2.C5H11NO2/c1-12-9-19(11-27-12)4-7-25(8-5-19)17-18(29(2)26)24-14(10-23-17)28-13-3-6-22-16(21)15(13)20;1-5(2,3)8-4(6)7/h3,6,10,12H,4-5,7-9,11H2,1-2H3,(H2,21,22);1-3H3,(H2,6,7)/t12-,29?;/m0./s1. The van der Waals surface area contributed by atoms with E-state index in [9.17, 15) is 9.00 Å². The molecule has 37 heavy (non-hydrogen) atoms. The summed E-state index contributed by atoms with van der Waals surface area (Å²) < 4.78 is 22.8. The summed E-state index contributed by atoms with van der Waals surface area (Å²) in [6, 6.07) is 1.77. The van der Waals surface area contributed by atoms with Crippen molar-refractivity contribution in [1.82, 2.24) is 15.0 Å². The highest BCUT2D eigenvalue weighted by atomic mass is 35.5. The zero-order valence-electron chi connectivity index (χ0n) is 21.8. The molecule has 4 N–H and O–H groups in total. The number of primary amides is 1. The fourth-order valence-corrected chi connectivity index (χ4v) is 6.07. The molecule has 2 atom stereocenters. The van der Waals surface area contributed by atoms with Crippen molar-refractivity contribution in [1.29, 1.82) is 0 Å². The van der Waals surface area contributed by atoms with Crippen LogP contribution in [0.3, 0.4) is 0 Å². The maximum Gasteiger partial charge on any atom is 0.405 e. The molecule has 0 aromatic carbocycles. The topological polar surface area (TPSA) is 147 Å². The Labute approximate surface area is 229 Å². The van der Waals surface area contributed by atoms with Crippen LogP contribution in [0.25, 0.3) is 0 Å². The van der Waals surface area contributed by atoms with Crippen LogP contribution in [0.4, 0.5) is 16.4 Å². The molecule has 1 amide bonds. The Morgan fingerprint density at radius 1 is 1.32 bits per heavy atom. The number of rotatable bonds is 4. The largest absolute Gasteiger partial charge is 0.444 e. The van der Waals surface area contributed by atoms with Gasteiger partial charge in [0.1, 0.15) is 16.4 Å². The van der Waals surface area contributed by atoms with Crippen molar-refractivity contribution in [2.75, 3.05) is 36.6 Å². The molecular weight excluding hydrogens is 536 g/mol. The first-order chi connectivity index (χ1) is 17.3. The van der Waals surface area contributed by atoms with Crippen molar-refractivity contribution < 1.29 is 18.5 Å². The highest BCUT2D eigenvalue weighted by Crippen LogP contribution is 2.43. The molecule has 0 bridgehead atoms. The lowest BCUT2D eigenvalue weighted by atomic mass is 9.77. The number of halogens is 1. The monoisotopic (exact) mass is 570 g/mol. The van der Waals surface area contributed by atoms with Gasteiger partial charge in [-0.25, -0.2) is 19.7 Å². The summed E-state index contributed by atoms with van der Waals surface area (Å²) in [7, 11) is -1.26. The summed E-state index contributed by atoms with van der Waals surface area (Å²) in [6.07, 6.45) is 7.77. The molecule has 0 aliphatic carbocycles. The number of nitrogen functional groups attached to an aromatic ring is 1. The maximum absolute atomic E-state index is 12.4. The molecule has 2 saturated heterocycles. The van der Waals surface area contributed by atoms with Crippen molar-refractivity contribution in [2.45, 2.75) is 73.6 Å². The molecule has 4 rings (SSSR count). The van der Waals surface area contributed by atoms with Crippen LogP contribution in [0, 0.1) is 5.41 Å². The lowest BCUT2D eigenvalue weighted by molar-refractivity contribution is 0.0600. The van der Waals surface area contributed by atoms with Gasteiger partial charge in [0.2, 0.25) is 0 Å². The number of nitrogens with zero attached hydrogens (tertiary/aromatic N) is 4. The molecule has 13 heteroatoms. The maximum atomic E-state index is 12.4. The first-order valence-electron chi connectivity index (χ1n) is 11.9. The average molecular weight is 571 g/mol. The van der Waals surface area contributed by atoms with Crippen LogP contribution in [0.5, 0.6) is 0 Å². The number of pyridine rings is 1. The first-order valence-corrected chi connectivity index (χ1v) is 14.7. The van der Waals surface area contributed by atoms with Crippen molar-refractivity contribution in [3.8, 4) is 0 Å². The van der Waals surface area contributed by atoms with Crippen molar-refractivity contribution in [2.24, 2.45) is 11.1 Å².